The highest BCUT2D eigenvalue weighted by Gasteiger charge is 2.14. The van der Waals surface area contributed by atoms with E-state index in [0.29, 0.717) is 28.5 Å². The van der Waals surface area contributed by atoms with Crippen molar-refractivity contribution in [1.82, 2.24) is 30.0 Å². The third kappa shape index (κ3) is 3.95. The van der Waals surface area contributed by atoms with Gasteiger partial charge < -0.3 is 10.3 Å². The summed E-state index contributed by atoms with van der Waals surface area (Å²) in [5.74, 6) is -0.270. The fourth-order valence-corrected chi connectivity index (χ4v) is 3.18. The molecule has 4 rings (SSSR count). The molecule has 3 aromatic heterocycles. The van der Waals surface area contributed by atoms with Crippen LogP contribution in [-0.4, -0.2) is 36.7 Å². The SMILES string of the molecule is C[C@@H](Cn1ccc(-c2ccc(C#N)c(Cl)c2)n1)NC(=O)c1ccc2[nH]cnc2n1. The van der Waals surface area contributed by atoms with Crippen LogP contribution in [0.1, 0.15) is 23.0 Å². The quantitative estimate of drug-likeness (QED) is 0.529. The van der Waals surface area contributed by atoms with Crippen molar-refractivity contribution in [2.24, 2.45) is 0 Å². The Bertz CT molecular complexity index is 1240. The third-order valence-electron chi connectivity index (χ3n) is 4.38. The number of rotatable bonds is 5. The molecule has 0 radical (unpaired) electrons. The molecule has 1 aromatic carbocycles. The number of nitrogens with one attached hydrogen (secondary N) is 2. The van der Waals surface area contributed by atoms with Gasteiger partial charge in [0, 0.05) is 17.8 Å². The zero-order valence-corrected chi connectivity index (χ0v) is 16.2. The van der Waals surface area contributed by atoms with Gasteiger partial charge in [-0.1, -0.05) is 17.7 Å². The lowest BCUT2D eigenvalue weighted by atomic mass is 10.1. The zero-order chi connectivity index (χ0) is 20.4. The minimum Gasteiger partial charge on any atom is -0.346 e. The third-order valence-corrected chi connectivity index (χ3v) is 4.69. The van der Waals surface area contributed by atoms with Gasteiger partial charge in [0.2, 0.25) is 0 Å². The van der Waals surface area contributed by atoms with E-state index in [1.807, 2.05) is 25.3 Å². The topological polar surface area (TPSA) is 112 Å². The van der Waals surface area contributed by atoms with Crippen molar-refractivity contribution in [3.05, 3.63) is 65.2 Å². The van der Waals surface area contributed by atoms with Crippen LogP contribution in [0.3, 0.4) is 0 Å². The Kier molecular flexibility index (Phi) is 4.97. The number of pyridine rings is 1. The van der Waals surface area contributed by atoms with E-state index < -0.39 is 0 Å². The monoisotopic (exact) mass is 405 g/mol. The van der Waals surface area contributed by atoms with E-state index in [0.717, 1.165) is 16.8 Å². The lowest BCUT2D eigenvalue weighted by Gasteiger charge is -2.13. The summed E-state index contributed by atoms with van der Waals surface area (Å²) in [7, 11) is 0. The summed E-state index contributed by atoms with van der Waals surface area (Å²) in [5, 5.41) is 16.8. The molecular weight excluding hydrogens is 390 g/mol. The van der Waals surface area contributed by atoms with Crippen LogP contribution < -0.4 is 5.32 Å². The number of fused-ring (bicyclic) bond motifs is 1. The molecule has 1 atom stereocenters. The summed E-state index contributed by atoms with van der Waals surface area (Å²) in [4.78, 5) is 23.7. The number of carbonyl (C=O) groups excluding carboxylic acids is 1. The molecule has 29 heavy (non-hydrogen) atoms. The van der Waals surface area contributed by atoms with Crippen molar-refractivity contribution in [3.63, 3.8) is 0 Å². The molecule has 0 saturated heterocycles. The van der Waals surface area contributed by atoms with Gasteiger partial charge in [-0.25, -0.2) is 9.97 Å². The Hall–Kier alpha value is -3.70. The second kappa shape index (κ2) is 7.73. The van der Waals surface area contributed by atoms with Crippen molar-refractivity contribution in [2.45, 2.75) is 19.5 Å². The van der Waals surface area contributed by atoms with Gasteiger partial charge in [0.1, 0.15) is 11.8 Å². The molecule has 0 aliphatic rings. The molecule has 4 aromatic rings. The van der Waals surface area contributed by atoms with Crippen molar-refractivity contribution >= 4 is 28.7 Å². The van der Waals surface area contributed by atoms with Crippen molar-refractivity contribution in [1.29, 1.82) is 5.26 Å². The molecule has 0 fully saturated rings. The molecule has 0 aliphatic heterocycles. The molecule has 0 bridgehead atoms. The number of H-pyrrole nitrogens is 1. The van der Waals surface area contributed by atoms with Crippen LogP contribution in [0.2, 0.25) is 5.02 Å². The van der Waals surface area contributed by atoms with E-state index in [1.165, 1.54) is 6.33 Å². The van der Waals surface area contributed by atoms with Crippen molar-refractivity contribution < 1.29 is 4.79 Å². The molecule has 0 unspecified atom stereocenters. The van der Waals surface area contributed by atoms with Crippen LogP contribution in [0.4, 0.5) is 0 Å². The highest BCUT2D eigenvalue weighted by Crippen LogP contribution is 2.24. The van der Waals surface area contributed by atoms with E-state index in [4.69, 9.17) is 16.9 Å². The van der Waals surface area contributed by atoms with E-state index in [9.17, 15) is 4.79 Å². The first-order valence-electron chi connectivity index (χ1n) is 8.88. The van der Waals surface area contributed by atoms with E-state index in [2.05, 4.69) is 25.4 Å². The molecule has 3 heterocycles. The van der Waals surface area contributed by atoms with Gasteiger partial charge in [-0.15, -0.1) is 0 Å². The average Bonchev–Trinajstić information content (AvgIpc) is 3.36. The van der Waals surface area contributed by atoms with Crippen molar-refractivity contribution in [2.75, 3.05) is 0 Å². The van der Waals surface area contributed by atoms with Crippen molar-refractivity contribution in [3.8, 4) is 17.3 Å². The Morgan fingerprint density at radius 3 is 3.00 bits per heavy atom. The molecule has 0 saturated carbocycles. The lowest BCUT2D eigenvalue weighted by molar-refractivity contribution is 0.0931. The second-order valence-corrected chi connectivity index (χ2v) is 6.98. The second-order valence-electron chi connectivity index (χ2n) is 6.57. The number of halogens is 1. The largest absolute Gasteiger partial charge is 0.346 e. The first-order chi connectivity index (χ1) is 14.0. The molecular formula is C20H16ClN7O. The van der Waals surface area contributed by atoms with Gasteiger partial charge in [-0.3, -0.25) is 9.48 Å². The smallest absolute Gasteiger partial charge is 0.270 e. The first kappa shape index (κ1) is 18.7. The van der Waals surface area contributed by atoms with E-state index in [1.54, 1.807) is 35.0 Å². The summed E-state index contributed by atoms with van der Waals surface area (Å²) in [6, 6.07) is 12.3. The number of aromatic nitrogens is 5. The fourth-order valence-electron chi connectivity index (χ4n) is 2.96. The number of hydrogen-bond donors (Lipinski definition) is 2. The molecule has 9 heteroatoms. The number of benzene rings is 1. The Morgan fingerprint density at radius 2 is 2.21 bits per heavy atom. The minimum absolute atomic E-state index is 0.170. The number of amides is 1. The predicted octanol–water partition coefficient (Wildman–Crippen LogP) is 3.16. The Morgan fingerprint density at radius 1 is 1.34 bits per heavy atom. The number of nitrogens with zero attached hydrogens (tertiary/aromatic N) is 5. The first-order valence-corrected chi connectivity index (χ1v) is 9.26. The highest BCUT2D eigenvalue weighted by atomic mass is 35.5. The maximum Gasteiger partial charge on any atom is 0.270 e. The highest BCUT2D eigenvalue weighted by molar-refractivity contribution is 6.32. The van der Waals surface area contributed by atoms with Crippen LogP contribution in [0.25, 0.3) is 22.4 Å². The Balaban J connectivity index is 1.42. The number of carbonyl (C=O) groups is 1. The van der Waals surface area contributed by atoms with Gasteiger partial charge in [-0.2, -0.15) is 10.4 Å². The maximum absolute atomic E-state index is 12.5. The van der Waals surface area contributed by atoms with Crippen LogP contribution >= 0.6 is 11.6 Å². The summed E-state index contributed by atoms with van der Waals surface area (Å²) in [6.45, 7) is 2.38. The fraction of sp³-hybridized carbons (Fsp3) is 0.150. The lowest BCUT2D eigenvalue weighted by Crippen LogP contribution is -2.36. The minimum atomic E-state index is -0.270. The van der Waals surface area contributed by atoms with Gasteiger partial charge in [0.05, 0.1) is 34.7 Å². The summed E-state index contributed by atoms with van der Waals surface area (Å²) < 4.78 is 1.75. The standard InChI is InChI=1S/C20H16ClN7O/c1-12(25-20(29)18-5-4-17-19(26-18)24-11-23-17)10-28-7-6-16(27-28)13-2-3-14(9-22)15(21)8-13/h2-8,11-12H,10H2,1H3,(H,25,29)(H,23,24,26)/t12-/m0/s1. The normalized spacial score (nSPS) is 11.9. The van der Waals surface area contributed by atoms with Gasteiger partial charge in [0.25, 0.3) is 5.91 Å². The van der Waals surface area contributed by atoms with Crippen LogP contribution in [0.15, 0.2) is 48.9 Å². The number of imidazole rings is 1. The predicted molar refractivity (Wildman–Crippen MR) is 108 cm³/mol. The van der Waals surface area contributed by atoms with E-state index in [-0.39, 0.29) is 11.9 Å². The number of aromatic amines is 1. The number of hydrogen-bond acceptors (Lipinski definition) is 5. The summed E-state index contributed by atoms with van der Waals surface area (Å²) in [5.41, 5.74) is 3.57. The summed E-state index contributed by atoms with van der Waals surface area (Å²) in [6.07, 6.45) is 3.37. The Labute approximate surface area is 171 Å². The average molecular weight is 406 g/mol. The van der Waals surface area contributed by atoms with Gasteiger partial charge in [0.15, 0.2) is 5.65 Å². The van der Waals surface area contributed by atoms with Gasteiger partial charge >= 0.3 is 0 Å². The molecule has 1 amide bonds. The van der Waals surface area contributed by atoms with E-state index >= 15 is 0 Å². The number of nitriles is 1. The molecule has 144 valence electrons. The maximum atomic E-state index is 12.5. The molecule has 8 nitrogen and oxygen atoms in total. The van der Waals surface area contributed by atoms with Crippen LogP contribution in [0.5, 0.6) is 0 Å². The molecule has 2 N–H and O–H groups in total. The molecule has 0 aliphatic carbocycles. The van der Waals surface area contributed by atoms with Crippen LogP contribution in [0, 0.1) is 11.3 Å². The van der Waals surface area contributed by atoms with Gasteiger partial charge in [-0.05, 0) is 37.3 Å². The molecule has 0 spiro atoms. The summed E-state index contributed by atoms with van der Waals surface area (Å²) >= 11 is 6.10. The zero-order valence-electron chi connectivity index (χ0n) is 15.4. The van der Waals surface area contributed by atoms with Crippen LogP contribution in [-0.2, 0) is 6.54 Å².